The van der Waals surface area contributed by atoms with Crippen molar-refractivity contribution in [1.82, 2.24) is 0 Å². The second-order valence-electron chi connectivity index (χ2n) is 33.4. The fourth-order valence-electron chi connectivity index (χ4n) is 20.1. The van der Waals surface area contributed by atoms with Gasteiger partial charge in [0.05, 0.1) is 96.1 Å². The number of aliphatic hydroxyl groups is 19. The monoisotopic (exact) mass is 1470 g/mol. The van der Waals surface area contributed by atoms with E-state index in [1.165, 1.54) is 6.92 Å². The summed E-state index contributed by atoms with van der Waals surface area (Å²) < 4.78 is 79.9. The Labute approximate surface area is 591 Å². The lowest BCUT2D eigenvalue weighted by molar-refractivity contribution is -0.376. The van der Waals surface area contributed by atoms with Crippen LogP contribution in [0.3, 0.4) is 0 Å². The maximum atomic E-state index is 15.8. The molecule has 0 amide bonds. The van der Waals surface area contributed by atoms with Gasteiger partial charge in [0.25, 0.3) is 0 Å². The number of hydrogen-bond donors (Lipinski definition) is 19. The Morgan fingerprint density at radius 1 is 0.529 bits per heavy atom. The van der Waals surface area contributed by atoms with Gasteiger partial charge >= 0.3 is 5.97 Å². The lowest BCUT2D eigenvalue weighted by Crippen LogP contribution is -2.69. The van der Waals surface area contributed by atoms with Crippen molar-refractivity contribution >= 4 is 5.97 Å². The highest BCUT2D eigenvalue weighted by atomic mass is 16.8. The Balaban J connectivity index is 0.793. The summed E-state index contributed by atoms with van der Waals surface area (Å²) in [7, 11) is 0. The van der Waals surface area contributed by atoms with E-state index >= 15 is 4.79 Å². The molecular weight excluding hydrogens is 1360 g/mol. The number of allylic oxidation sites excluding steroid dienone is 2. The summed E-state index contributed by atoms with van der Waals surface area (Å²) in [6.45, 7) is 9.84. The van der Waals surface area contributed by atoms with Crippen LogP contribution >= 0.6 is 0 Å². The summed E-state index contributed by atoms with van der Waals surface area (Å²) in [5.41, 5.74) is -7.67. The molecule has 0 spiro atoms. The Kier molecular flexibility index (Phi) is 23.1. The first-order valence-corrected chi connectivity index (χ1v) is 36.2. The molecule has 0 aromatic carbocycles. The summed E-state index contributed by atoms with van der Waals surface area (Å²) >= 11 is 0. The third kappa shape index (κ3) is 13.3. The van der Waals surface area contributed by atoms with Gasteiger partial charge in [0, 0.05) is 17.3 Å². The summed E-state index contributed by atoms with van der Waals surface area (Å²) in [4.78, 5) is 15.8. The smallest absolute Gasteiger partial charge is 0.317 e. The van der Waals surface area contributed by atoms with Gasteiger partial charge in [-0.05, 0) is 104 Å². The molecular formula is C69H112O33. The maximum Gasteiger partial charge on any atom is 0.317 e. The van der Waals surface area contributed by atoms with E-state index < -0.39 is 281 Å². The molecule has 12 aliphatic rings. The van der Waals surface area contributed by atoms with Crippen LogP contribution in [0.15, 0.2) is 11.6 Å². The van der Waals surface area contributed by atoms with E-state index in [0.717, 1.165) is 5.57 Å². The molecule has 102 heavy (non-hydrogen) atoms. The molecule has 0 aromatic rings. The molecule has 0 bridgehead atoms. The topological polar surface area (TPSA) is 521 Å². The van der Waals surface area contributed by atoms with Crippen molar-refractivity contribution < 1.29 is 163 Å². The molecule has 33 heteroatoms. The molecule has 33 nitrogen and oxygen atoms in total. The van der Waals surface area contributed by atoms with Crippen LogP contribution in [0.5, 0.6) is 0 Å². The van der Waals surface area contributed by atoms with Crippen molar-refractivity contribution in [3.05, 3.63) is 11.6 Å². The number of rotatable bonds is 18. The quantitative estimate of drug-likeness (QED) is 0.0346. The SMILES string of the molecule is C[C@@H]1[C@@H](O[C@H]2[C@@H](OC(=O)[C@]34CCC(C)(C)CC3C3=CCC5C6C(CC[C@@]5(C)[C@]3(C)C[C@H]4O)[C@](C)(CO)[C@@H](OC3O[C@H](CO)[C@@H](O)[C@H](O)[C@H]3O)[C@@H](O)[C@H]6C)OC[C@@H](O)[C@@H]2O)O[C@H](C)[C@@H](OC2OC[C@](O)(CO)[C@H]2O)[C@@H]1O[C@@H]1OC[C@@H](O)[C@H](O[C@@H]2OC[C@](O)(CO)[C@H]2C[C@@H]2OC[C@@H](O)[C@H](O)[C@H]2O)[C@H]1O. The average Bonchev–Trinajstić information content (AvgIpc) is 0.732. The van der Waals surface area contributed by atoms with Crippen LogP contribution in [-0.4, -0.2) is 340 Å². The first-order valence-electron chi connectivity index (χ1n) is 36.2. The molecule has 0 aromatic heterocycles. The van der Waals surface area contributed by atoms with Gasteiger partial charge in [-0.1, -0.05) is 60.1 Å². The van der Waals surface area contributed by atoms with Crippen molar-refractivity contribution in [3.63, 3.8) is 0 Å². The van der Waals surface area contributed by atoms with Crippen LogP contribution in [0.4, 0.5) is 0 Å². The molecule has 4 saturated carbocycles. The van der Waals surface area contributed by atoms with Crippen LogP contribution < -0.4 is 0 Å². The largest absolute Gasteiger partial charge is 0.432 e. The number of carbonyl (C=O) groups is 1. The number of carbonyl (C=O) groups excluding carboxylic acids is 1. The Bertz CT molecular complexity index is 2920. The van der Waals surface area contributed by atoms with Gasteiger partial charge in [-0.2, -0.15) is 0 Å². The standard InChI is InChI=1S/C69H112O33/c1-27-41-31(64(6,22-71)55(42(27)78)101-59-48(84)47(83)46(82)39(18-70)96-59)11-12-65(7)32(41)10-9-30-34-16-63(4,5)13-14-69(34,40(77)17-66(30,65)8)62(87)102-60-53(44(80)36(75)20-92-60)100-56-28(2)50(51(29(3)95-56)98-61-54(86)68(89,24-73)26-94-61)97-58-49(85)52(37(76)21-91-58)99-57-33(67(88,23-72)25-93-57)15-38-45(81)43(79)35(74)19-90-38/h9,27-29,31-61,70-86,88-89H,10-26H2,1-8H3/t27-,28-,29+,31?,32?,33-,34?,35+,36+,37+,38-,39+,40+,41?,42-,43-,44-,45-,46+,47-,48+,49+,50+,51+,52-,53+,54-,55-,56+,57-,58-,59?,60+,61?,64-,65+,66+,67+,68+,69+/m0/s1. The number of aliphatic hydroxyl groups excluding tert-OH is 17. The molecule has 11 fully saturated rings. The third-order valence-electron chi connectivity index (χ3n) is 27.0. The fraction of sp³-hybridized carbons (Fsp3) is 0.957. The normalized spacial score (nSPS) is 55.5. The predicted octanol–water partition coefficient (Wildman–Crippen LogP) is -5.63. The van der Waals surface area contributed by atoms with E-state index in [2.05, 4.69) is 33.8 Å². The van der Waals surface area contributed by atoms with Gasteiger partial charge in [0.2, 0.25) is 6.29 Å². The number of ether oxygens (including phenoxy) is 13. The number of esters is 1. The number of hydrogen-bond acceptors (Lipinski definition) is 33. The summed E-state index contributed by atoms with van der Waals surface area (Å²) in [5, 5.41) is 212. The second-order valence-corrected chi connectivity index (χ2v) is 33.4. The Morgan fingerprint density at radius 3 is 1.82 bits per heavy atom. The highest BCUT2D eigenvalue weighted by Crippen LogP contribution is 2.74. The van der Waals surface area contributed by atoms with Crippen molar-refractivity contribution in [2.45, 2.75) is 284 Å². The molecule has 5 aliphatic carbocycles. The van der Waals surface area contributed by atoms with Gasteiger partial charge in [0.1, 0.15) is 102 Å². The zero-order chi connectivity index (χ0) is 74.2. The maximum absolute atomic E-state index is 15.8. The van der Waals surface area contributed by atoms with Gasteiger partial charge in [-0.3, -0.25) is 4.79 Å². The minimum absolute atomic E-state index is 0.101. The van der Waals surface area contributed by atoms with Crippen molar-refractivity contribution in [3.8, 4) is 0 Å². The van der Waals surface area contributed by atoms with E-state index in [4.69, 9.17) is 61.6 Å². The van der Waals surface area contributed by atoms with Gasteiger partial charge in [-0.15, -0.1) is 0 Å². The second kappa shape index (κ2) is 29.7. The number of fused-ring (bicyclic) bond motifs is 7. The van der Waals surface area contributed by atoms with E-state index in [1.807, 2.05) is 13.8 Å². The molecule has 586 valence electrons. The minimum Gasteiger partial charge on any atom is -0.432 e. The molecule has 19 N–H and O–H groups in total. The van der Waals surface area contributed by atoms with E-state index in [0.29, 0.717) is 32.1 Å². The predicted molar refractivity (Wildman–Crippen MR) is 340 cm³/mol. The summed E-state index contributed by atoms with van der Waals surface area (Å²) in [6, 6.07) is 0. The molecule has 40 atom stereocenters. The average molecular weight is 1470 g/mol. The van der Waals surface area contributed by atoms with Crippen molar-refractivity contribution in [2.24, 2.45) is 68.5 Å². The lowest BCUT2D eigenvalue weighted by Gasteiger charge is -2.70. The first kappa shape index (κ1) is 79.5. The molecule has 7 saturated heterocycles. The van der Waals surface area contributed by atoms with Crippen LogP contribution in [0.25, 0.3) is 0 Å². The Hall–Kier alpha value is -2.03. The minimum atomic E-state index is -2.16. The van der Waals surface area contributed by atoms with Gasteiger partial charge in [0.15, 0.2) is 37.6 Å². The molecule has 7 aliphatic heterocycles. The van der Waals surface area contributed by atoms with Crippen LogP contribution in [0.1, 0.15) is 107 Å². The van der Waals surface area contributed by atoms with Crippen LogP contribution in [0.2, 0.25) is 0 Å². The fourth-order valence-corrected chi connectivity index (χ4v) is 20.1. The summed E-state index contributed by atoms with van der Waals surface area (Å²) in [5.74, 6) is -4.98. The zero-order valence-corrected chi connectivity index (χ0v) is 58.9. The van der Waals surface area contributed by atoms with Gasteiger partial charge in [-0.25, -0.2) is 0 Å². The molecule has 12 rings (SSSR count). The van der Waals surface area contributed by atoms with Crippen molar-refractivity contribution in [2.75, 3.05) is 59.5 Å². The molecule has 7 heterocycles. The summed E-state index contributed by atoms with van der Waals surface area (Å²) in [6.07, 6.45) is -37.3. The van der Waals surface area contributed by atoms with Gasteiger partial charge < -0.3 is 159 Å². The van der Waals surface area contributed by atoms with Crippen LogP contribution in [-0.2, 0) is 66.4 Å². The zero-order valence-electron chi connectivity index (χ0n) is 58.9. The Morgan fingerprint density at radius 2 is 1.15 bits per heavy atom. The van der Waals surface area contributed by atoms with E-state index in [1.54, 1.807) is 6.92 Å². The molecule has 0 radical (unpaired) electrons. The highest BCUT2D eigenvalue weighted by Gasteiger charge is 2.72. The molecule has 6 unspecified atom stereocenters. The lowest BCUT2D eigenvalue weighted by atomic mass is 9.35. The first-order chi connectivity index (χ1) is 47.9. The van der Waals surface area contributed by atoms with Crippen LogP contribution in [0, 0.1) is 68.5 Å². The highest BCUT2D eigenvalue weighted by molar-refractivity contribution is 5.80. The van der Waals surface area contributed by atoms with E-state index in [9.17, 15) is 97.0 Å². The van der Waals surface area contributed by atoms with Crippen molar-refractivity contribution in [1.29, 1.82) is 0 Å². The third-order valence-corrected chi connectivity index (χ3v) is 27.0. The van der Waals surface area contributed by atoms with E-state index in [-0.39, 0.29) is 49.0 Å².